The van der Waals surface area contributed by atoms with Crippen molar-refractivity contribution in [2.24, 2.45) is 0 Å². The van der Waals surface area contributed by atoms with Crippen LogP contribution in [0.4, 0.5) is 0 Å². The Kier molecular flexibility index (Phi) is 7.45. The number of benzene rings is 2. The van der Waals surface area contributed by atoms with Gasteiger partial charge in [-0.1, -0.05) is 61.0 Å². The second kappa shape index (κ2) is 10.7. The molecule has 0 radical (unpaired) electrons. The Bertz CT molecular complexity index is 1190. The highest BCUT2D eigenvalue weighted by molar-refractivity contribution is 7.98. The molecule has 0 bridgehead atoms. The summed E-state index contributed by atoms with van der Waals surface area (Å²) < 4.78 is 2.18. The van der Waals surface area contributed by atoms with Crippen LogP contribution in [-0.4, -0.2) is 27.0 Å². The van der Waals surface area contributed by atoms with Gasteiger partial charge in [-0.2, -0.15) is 0 Å². The summed E-state index contributed by atoms with van der Waals surface area (Å²) in [7, 11) is 0. The quantitative estimate of drug-likeness (QED) is 0.245. The topological polar surface area (TPSA) is 59.8 Å². The first-order valence-corrected chi connectivity index (χ1v) is 12.0. The molecule has 0 aliphatic rings. The lowest BCUT2D eigenvalue weighted by atomic mass is 10.1. The van der Waals surface area contributed by atoms with Crippen molar-refractivity contribution in [1.29, 1.82) is 0 Å². The van der Waals surface area contributed by atoms with E-state index in [4.69, 9.17) is 16.6 Å². The van der Waals surface area contributed by atoms with Crippen LogP contribution in [0.1, 0.15) is 41.3 Å². The van der Waals surface area contributed by atoms with Crippen molar-refractivity contribution in [3.05, 3.63) is 88.7 Å². The summed E-state index contributed by atoms with van der Waals surface area (Å²) >= 11 is 7.69. The fraction of sp³-hybridized carbons (Fsp3) is 0.240. The number of aromatic nitrogens is 3. The monoisotopic (exact) mass is 464 g/mol. The second-order valence-corrected chi connectivity index (χ2v) is 8.95. The summed E-state index contributed by atoms with van der Waals surface area (Å²) in [6.45, 7) is 3.47. The van der Waals surface area contributed by atoms with E-state index in [1.54, 1.807) is 18.0 Å². The standard InChI is InChI=1S/C25H25ClN4OS/c1-2-3-13-28-24(31)20-8-4-18(5-9-20)16-30-23-15-27-14-12-22(23)29-25(30)32-17-19-6-10-21(26)11-7-19/h4-12,14-15H,2-3,13,16-17H2,1H3,(H,28,31). The number of imidazole rings is 1. The maximum atomic E-state index is 12.3. The Morgan fingerprint density at radius 3 is 2.56 bits per heavy atom. The minimum absolute atomic E-state index is 0.0264. The van der Waals surface area contributed by atoms with E-state index in [2.05, 4.69) is 21.8 Å². The number of amides is 1. The van der Waals surface area contributed by atoms with Gasteiger partial charge in [0.25, 0.3) is 5.91 Å². The number of nitrogens with zero attached hydrogens (tertiary/aromatic N) is 3. The molecular formula is C25H25ClN4OS. The molecule has 4 rings (SSSR count). The zero-order chi connectivity index (χ0) is 22.3. The van der Waals surface area contributed by atoms with Crippen molar-refractivity contribution < 1.29 is 4.79 Å². The van der Waals surface area contributed by atoms with Crippen LogP contribution < -0.4 is 5.32 Å². The van der Waals surface area contributed by atoms with E-state index in [1.165, 1.54) is 5.56 Å². The van der Waals surface area contributed by atoms with Gasteiger partial charge in [0.15, 0.2) is 5.16 Å². The van der Waals surface area contributed by atoms with E-state index in [0.717, 1.165) is 45.4 Å². The number of hydrogen-bond acceptors (Lipinski definition) is 4. The van der Waals surface area contributed by atoms with Crippen molar-refractivity contribution in [2.75, 3.05) is 6.54 Å². The van der Waals surface area contributed by atoms with Gasteiger partial charge in [0, 0.05) is 29.1 Å². The van der Waals surface area contributed by atoms with Crippen LogP contribution in [-0.2, 0) is 12.3 Å². The van der Waals surface area contributed by atoms with E-state index in [-0.39, 0.29) is 5.91 Å². The molecule has 5 nitrogen and oxygen atoms in total. The predicted octanol–water partition coefficient (Wildman–Crippen LogP) is 5.96. The second-order valence-electron chi connectivity index (χ2n) is 7.57. The summed E-state index contributed by atoms with van der Waals surface area (Å²) in [4.78, 5) is 21.4. The minimum Gasteiger partial charge on any atom is -0.352 e. The number of pyridine rings is 1. The Labute approximate surface area is 197 Å². The lowest BCUT2D eigenvalue weighted by Crippen LogP contribution is -2.24. The van der Waals surface area contributed by atoms with Gasteiger partial charge in [-0.15, -0.1) is 0 Å². The molecule has 0 fully saturated rings. The van der Waals surface area contributed by atoms with Crippen molar-refractivity contribution in [1.82, 2.24) is 19.9 Å². The summed E-state index contributed by atoms with van der Waals surface area (Å²) in [5.74, 6) is 0.770. The van der Waals surface area contributed by atoms with Crippen LogP contribution in [0.25, 0.3) is 11.0 Å². The first-order valence-electron chi connectivity index (χ1n) is 10.7. The molecule has 1 N–H and O–H groups in total. The van der Waals surface area contributed by atoms with Crippen LogP contribution >= 0.6 is 23.4 Å². The maximum absolute atomic E-state index is 12.3. The van der Waals surface area contributed by atoms with Gasteiger partial charge in [-0.3, -0.25) is 9.78 Å². The first-order chi connectivity index (χ1) is 15.6. The maximum Gasteiger partial charge on any atom is 0.251 e. The van der Waals surface area contributed by atoms with Gasteiger partial charge in [-0.05, 0) is 47.9 Å². The van der Waals surface area contributed by atoms with Crippen molar-refractivity contribution in [3.8, 4) is 0 Å². The molecule has 2 aromatic heterocycles. The van der Waals surface area contributed by atoms with E-state index in [1.807, 2.05) is 60.8 Å². The Hall–Kier alpha value is -2.83. The van der Waals surface area contributed by atoms with Gasteiger partial charge in [0.2, 0.25) is 0 Å². The Morgan fingerprint density at radius 2 is 1.81 bits per heavy atom. The molecule has 0 aliphatic carbocycles. The minimum atomic E-state index is -0.0264. The first kappa shape index (κ1) is 22.4. The largest absolute Gasteiger partial charge is 0.352 e. The number of rotatable bonds is 9. The number of hydrogen-bond donors (Lipinski definition) is 1. The van der Waals surface area contributed by atoms with Gasteiger partial charge in [0.05, 0.1) is 23.8 Å². The molecule has 0 aliphatic heterocycles. The number of fused-ring (bicyclic) bond motifs is 1. The molecule has 7 heteroatoms. The Balaban J connectivity index is 1.52. The fourth-order valence-corrected chi connectivity index (χ4v) is 4.46. The number of unbranched alkanes of at least 4 members (excludes halogenated alkanes) is 1. The van der Waals surface area contributed by atoms with E-state index >= 15 is 0 Å². The summed E-state index contributed by atoms with van der Waals surface area (Å²) in [5.41, 5.74) is 4.89. The summed E-state index contributed by atoms with van der Waals surface area (Å²) in [5, 5.41) is 4.63. The van der Waals surface area contributed by atoms with Crippen molar-refractivity contribution >= 4 is 40.3 Å². The lowest BCUT2D eigenvalue weighted by molar-refractivity contribution is 0.0953. The van der Waals surface area contributed by atoms with Crippen molar-refractivity contribution in [2.45, 2.75) is 37.2 Å². The molecule has 2 heterocycles. The molecule has 32 heavy (non-hydrogen) atoms. The highest BCUT2D eigenvalue weighted by Gasteiger charge is 2.13. The third kappa shape index (κ3) is 5.50. The van der Waals surface area contributed by atoms with Crippen LogP contribution in [0.15, 0.2) is 72.1 Å². The van der Waals surface area contributed by atoms with Gasteiger partial charge in [-0.25, -0.2) is 4.98 Å². The third-order valence-electron chi connectivity index (χ3n) is 5.17. The smallest absolute Gasteiger partial charge is 0.251 e. The van der Waals surface area contributed by atoms with Crippen LogP contribution in [0.3, 0.4) is 0 Å². The molecule has 0 unspecified atom stereocenters. The van der Waals surface area contributed by atoms with E-state index in [0.29, 0.717) is 18.7 Å². The number of carbonyl (C=O) groups is 1. The van der Waals surface area contributed by atoms with Gasteiger partial charge < -0.3 is 9.88 Å². The number of thioether (sulfide) groups is 1. The molecule has 0 atom stereocenters. The molecule has 0 saturated carbocycles. The highest BCUT2D eigenvalue weighted by Crippen LogP contribution is 2.28. The number of halogens is 1. The molecule has 164 valence electrons. The average Bonchev–Trinajstić information content (AvgIpc) is 3.16. The SMILES string of the molecule is CCCCNC(=O)c1ccc(Cn2c(SCc3ccc(Cl)cc3)nc3ccncc32)cc1. The van der Waals surface area contributed by atoms with Crippen molar-refractivity contribution in [3.63, 3.8) is 0 Å². The average molecular weight is 465 g/mol. The highest BCUT2D eigenvalue weighted by atomic mass is 35.5. The fourth-order valence-electron chi connectivity index (χ4n) is 3.36. The lowest BCUT2D eigenvalue weighted by Gasteiger charge is -2.10. The molecule has 2 aromatic carbocycles. The Morgan fingerprint density at radius 1 is 1.06 bits per heavy atom. The summed E-state index contributed by atoms with van der Waals surface area (Å²) in [6.07, 6.45) is 5.66. The van der Waals surface area contributed by atoms with E-state index in [9.17, 15) is 4.79 Å². The van der Waals surface area contributed by atoms with Gasteiger partial charge in [0.1, 0.15) is 0 Å². The predicted molar refractivity (Wildman–Crippen MR) is 131 cm³/mol. The van der Waals surface area contributed by atoms with Crippen LogP contribution in [0, 0.1) is 0 Å². The normalized spacial score (nSPS) is 11.1. The van der Waals surface area contributed by atoms with Gasteiger partial charge >= 0.3 is 0 Å². The number of carbonyl (C=O) groups excluding carboxylic acids is 1. The zero-order valence-electron chi connectivity index (χ0n) is 17.9. The van der Waals surface area contributed by atoms with Crippen LogP contribution in [0.5, 0.6) is 0 Å². The molecular weight excluding hydrogens is 440 g/mol. The molecule has 0 saturated heterocycles. The zero-order valence-corrected chi connectivity index (χ0v) is 19.5. The number of nitrogens with one attached hydrogen (secondary N) is 1. The molecule has 0 spiro atoms. The van der Waals surface area contributed by atoms with Crippen LogP contribution in [0.2, 0.25) is 5.02 Å². The molecule has 1 amide bonds. The molecule has 4 aromatic rings. The van der Waals surface area contributed by atoms with E-state index < -0.39 is 0 Å². The summed E-state index contributed by atoms with van der Waals surface area (Å²) in [6, 6.07) is 17.6. The third-order valence-corrected chi connectivity index (χ3v) is 6.47.